The standard InChI is InChI=1S/C12H12Br2N4O/c13-10-9(11(14)18-17-10)5-7(6-15)12(19)16-8-3-1-2-4-8/h5,8H,1-4H2,(H,16,19)(H,17,18). The van der Waals surface area contributed by atoms with Crippen molar-refractivity contribution in [1.29, 1.82) is 5.26 Å². The molecule has 5 nitrogen and oxygen atoms in total. The van der Waals surface area contributed by atoms with Gasteiger partial charge in [0.25, 0.3) is 5.91 Å². The molecule has 1 saturated carbocycles. The third-order valence-electron chi connectivity index (χ3n) is 3.06. The highest BCUT2D eigenvalue weighted by Crippen LogP contribution is 2.25. The Kier molecular flexibility index (Phi) is 4.77. The van der Waals surface area contributed by atoms with E-state index in [2.05, 4.69) is 47.4 Å². The molecule has 0 aromatic carbocycles. The van der Waals surface area contributed by atoms with Crippen molar-refractivity contribution < 1.29 is 4.79 Å². The molecule has 1 aliphatic carbocycles. The maximum Gasteiger partial charge on any atom is 0.262 e. The van der Waals surface area contributed by atoms with E-state index >= 15 is 0 Å². The fourth-order valence-electron chi connectivity index (χ4n) is 2.06. The minimum atomic E-state index is -0.325. The van der Waals surface area contributed by atoms with Crippen LogP contribution in [0.2, 0.25) is 0 Å². The molecule has 0 bridgehead atoms. The minimum Gasteiger partial charge on any atom is -0.349 e. The lowest BCUT2D eigenvalue weighted by molar-refractivity contribution is -0.117. The van der Waals surface area contributed by atoms with Crippen LogP contribution in [0, 0.1) is 11.3 Å². The summed E-state index contributed by atoms with van der Waals surface area (Å²) in [4.78, 5) is 12.0. The van der Waals surface area contributed by atoms with E-state index in [1.807, 2.05) is 6.07 Å². The first-order chi connectivity index (χ1) is 9.11. The number of hydrogen-bond donors (Lipinski definition) is 2. The molecule has 100 valence electrons. The van der Waals surface area contributed by atoms with Gasteiger partial charge in [0, 0.05) is 11.6 Å². The molecule has 1 fully saturated rings. The largest absolute Gasteiger partial charge is 0.349 e. The van der Waals surface area contributed by atoms with Gasteiger partial charge in [-0.05, 0) is 50.8 Å². The molecule has 1 amide bonds. The summed E-state index contributed by atoms with van der Waals surface area (Å²) in [5, 5.41) is 18.6. The summed E-state index contributed by atoms with van der Waals surface area (Å²) < 4.78 is 1.18. The fraction of sp³-hybridized carbons (Fsp3) is 0.417. The van der Waals surface area contributed by atoms with Gasteiger partial charge in [-0.15, -0.1) is 0 Å². The number of H-pyrrole nitrogens is 1. The van der Waals surface area contributed by atoms with Crippen molar-refractivity contribution in [2.24, 2.45) is 0 Å². The van der Waals surface area contributed by atoms with Crippen molar-refractivity contribution in [2.45, 2.75) is 31.7 Å². The monoisotopic (exact) mass is 386 g/mol. The lowest BCUT2D eigenvalue weighted by Crippen LogP contribution is -2.33. The molecule has 1 aromatic rings. The highest BCUT2D eigenvalue weighted by Gasteiger charge is 2.20. The van der Waals surface area contributed by atoms with Gasteiger partial charge in [0.1, 0.15) is 20.8 Å². The summed E-state index contributed by atoms with van der Waals surface area (Å²) in [5.41, 5.74) is 0.729. The minimum absolute atomic E-state index is 0.0784. The van der Waals surface area contributed by atoms with Gasteiger partial charge in [-0.2, -0.15) is 10.4 Å². The summed E-state index contributed by atoms with van der Waals surface area (Å²) >= 11 is 6.53. The van der Waals surface area contributed by atoms with Crippen LogP contribution < -0.4 is 5.32 Å². The molecule has 7 heteroatoms. The predicted molar refractivity (Wildman–Crippen MR) is 78.0 cm³/mol. The van der Waals surface area contributed by atoms with Crippen molar-refractivity contribution >= 4 is 43.8 Å². The number of carbonyl (C=O) groups excluding carboxylic acids is 1. The maximum atomic E-state index is 12.0. The smallest absolute Gasteiger partial charge is 0.262 e. The van der Waals surface area contributed by atoms with Crippen molar-refractivity contribution in [3.63, 3.8) is 0 Å². The second-order valence-electron chi connectivity index (χ2n) is 4.37. The van der Waals surface area contributed by atoms with Gasteiger partial charge in [-0.3, -0.25) is 9.89 Å². The molecule has 0 unspecified atom stereocenters. The van der Waals surface area contributed by atoms with E-state index in [9.17, 15) is 4.79 Å². The molecule has 0 spiro atoms. The van der Waals surface area contributed by atoms with Crippen LogP contribution in [0.1, 0.15) is 31.2 Å². The van der Waals surface area contributed by atoms with Gasteiger partial charge in [0.2, 0.25) is 0 Å². The maximum absolute atomic E-state index is 12.0. The van der Waals surface area contributed by atoms with Crippen molar-refractivity contribution in [2.75, 3.05) is 0 Å². The summed E-state index contributed by atoms with van der Waals surface area (Å²) in [7, 11) is 0. The van der Waals surface area contributed by atoms with Crippen LogP contribution in [0.5, 0.6) is 0 Å². The van der Waals surface area contributed by atoms with E-state index in [1.165, 1.54) is 6.08 Å². The molecule has 0 atom stereocenters. The van der Waals surface area contributed by atoms with Gasteiger partial charge in [-0.1, -0.05) is 12.8 Å². The molecule has 0 saturated heterocycles. The zero-order chi connectivity index (χ0) is 13.8. The summed E-state index contributed by atoms with van der Waals surface area (Å²) in [6, 6.07) is 2.13. The van der Waals surface area contributed by atoms with Crippen LogP contribution in [0.15, 0.2) is 14.8 Å². The number of aromatic nitrogens is 2. The van der Waals surface area contributed by atoms with Crippen molar-refractivity contribution in [1.82, 2.24) is 15.5 Å². The van der Waals surface area contributed by atoms with Gasteiger partial charge < -0.3 is 5.32 Å². The van der Waals surface area contributed by atoms with E-state index in [4.69, 9.17) is 5.26 Å². The lowest BCUT2D eigenvalue weighted by Gasteiger charge is -2.10. The zero-order valence-corrected chi connectivity index (χ0v) is 13.2. The van der Waals surface area contributed by atoms with E-state index in [0.717, 1.165) is 25.7 Å². The molecule has 19 heavy (non-hydrogen) atoms. The molecule has 1 aliphatic rings. The number of nitrogens with one attached hydrogen (secondary N) is 2. The number of halogens is 2. The van der Waals surface area contributed by atoms with Gasteiger partial charge in [0.05, 0.1) is 0 Å². The van der Waals surface area contributed by atoms with Crippen LogP contribution in [0.4, 0.5) is 0 Å². The van der Waals surface area contributed by atoms with E-state index in [0.29, 0.717) is 14.8 Å². The van der Waals surface area contributed by atoms with Crippen LogP contribution in [-0.2, 0) is 4.79 Å². The molecular weight excluding hydrogens is 376 g/mol. The number of nitriles is 1. The first kappa shape index (κ1) is 14.3. The Labute approximate surface area is 127 Å². The van der Waals surface area contributed by atoms with Crippen molar-refractivity contribution in [3.8, 4) is 6.07 Å². The van der Waals surface area contributed by atoms with Gasteiger partial charge >= 0.3 is 0 Å². The third kappa shape index (κ3) is 3.45. The Morgan fingerprint density at radius 2 is 2.16 bits per heavy atom. The topological polar surface area (TPSA) is 81.6 Å². The van der Waals surface area contributed by atoms with Gasteiger partial charge in [-0.25, -0.2) is 0 Å². The van der Waals surface area contributed by atoms with Crippen LogP contribution >= 0.6 is 31.9 Å². The Morgan fingerprint density at radius 3 is 2.68 bits per heavy atom. The average Bonchev–Trinajstić information content (AvgIpc) is 2.99. The third-order valence-corrected chi connectivity index (χ3v) is 4.26. The van der Waals surface area contributed by atoms with Crippen LogP contribution in [0.3, 0.4) is 0 Å². The highest BCUT2D eigenvalue weighted by molar-refractivity contribution is 9.11. The Hall–Kier alpha value is -1.13. The quantitative estimate of drug-likeness (QED) is 0.617. The zero-order valence-electron chi connectivity index (χ0n) is 10.0. The SMILES string of the molecule is N#CC(=Cc1c(Br)n[nH]c1Br)C(=O)NC1CCCC1. The second-order valence-corrected chi connectivity index (χ2v) is 5.91. The van der Waals surface area contributed by atoms with E-state index in [-0.39, 0.29) is 17.5 Å². The highest BCUT2D eigenvalue weighted by atomic mass is 79.9. The predicted octanol–water partition coefficient (Wildman–Crippen LogP) is 2.90. The molecule has 0 radical (unpaired) electrons. The normalized spacial score (nSPS) is 16.4. The number of rotatable bonds is 3. The molecular formula is C12H12Br2N4O. The lowest BCUT2D eigenvalue weighted by atomic mass is 10.1. The molecule has 1 heterocycles. The van der Waals surface area contributed by atoms with E-state index < -0.39 is 0 Å². The summed E-state index contributed by atoms with van der Waals surface area (Å²) in [6.07, 6.45) is 5.76. The summed E-state index contributed by atoms with van der Waals surface area (Å²) in [6.45, 7) is 0. The first-order valence-electron chi connectivity index (χ1n) is 5.94. The average molecular weight is 388 g/mol. The Balaban J connectivity index is 2.15. The Bertz CT molecular complexity index is 533. The molecule has 2 rings (SSSR count). The number of amides is 1. The number of aromatic amines is 1. The second kappa shape index (κ2) is 6.35. The first-order valence-corrected chi connectivity index (χ1v) is 7.52. The van der Waals surface area contributed by atoms with E-state index in [1.54, 1.807) is 0 Å². The summed E-state index contributed by atoms with van der Waals surface area (Å²) in [5.74, 6) is -0.325. The number of carbonyl (C=O) groups is 1. The number of hydrogen-bond acceptors (Lipinski definition) is 3. The Morgan fingerprint density at radius 1 is 1.47 bits per heavy atom. The van der Waals surface area contributed by atoms with Crippen LogP contribution in [0.25, 0.3) is 6.08 Å². The molecule has 0 aliphatic heterocycles. The van der Waals surface area contributed by atoms with Crippen LogP contribution in [-0.4, -0.2) is 22.1 Å². The fourth-order valence-corrected chi connectivity index (χ4v) is 3.12. The number of nitrogens with zero attached hydrogens (tertiary/aromatic N) is 2. The van der Waals surface area contributed by atoms with Crippen molar-refractivity contribution in [3.05, 3.63) is 20.3 Å². The molecule has 2 N–H and O–H groups in total. The van der Waals surface area contributed by atoms with Gasteiger partial charge in [0.15, 0.2) is 0 Å². The molecule has 1 aromatic heterocycles.